The molecule has 128 valence electrons. The predicted octanol–water partition coefficient (Wildman–Crippen LogP) is 2.62. The summed E-state index contributed by atoms with van der Waals surface area (Å²) in [6, 6.07) is 0. The molecule has 0 aromatic carbocycles. The molecular formula is C18H26O5. The number of ether oxygens (including phenoxy) is 2. The minimum atomic E-state index is -0.267. The third-order valence-electron chi connectivity index (χ3n) is 6.81. The molecule has 0 unspecified atom stereocenters. The maximum absolute atomic E-state index is 12.4. The third kappa shape index (κ3) is 2.61. The molecule has 4 bridgehead atoms. The van der Waals surface area contributed by atoms with E-state index in [4.69, 9.17) is 19.2 Å². The van der Waals surface area contributed by atoms with Crippen LogP contribution in [-0.4, -0.2) is 37.0 Å². The van der Waals surface area contributed by atoms with Crippen molar-refractivity contribution < 1.29 is 24.0 Å². The fourth-order valence-corrected chi connectivity index (χ4v) is 6.24. The second kappa shape index (κ2) is 5.17. The number of carbonyl (C=O) groups is 1. The van der Waals surface area contributed by atoms with E-state index in [1.165, 1.54) is 38.5 Å². The molecule has 6 rings (SSSR count). The lowest BCUT2D eigenvalue weighted by molar-refractivity contribution is -0.364. The molecule has 0 aromatic heterocycles. The maximum atomic E-state index is 12.4. The number of esters is 1. The average Bonchev–Trinajstić information content (AvgIpc) is 3.26. The van der Waals surface area contributed by atoms with Gasteiger partial charge in [-0.25, -0.2) is 9.78 Å². The molecule has 5 nitrogen and oxygen atoms in total. The Kier molecular flexibility index (Phi) is 3.30. The van der Waals surface area contributed by atoms with Crippen molar-refractivity contribution in [3.8, 4) is 0 Å². The van der Waals surface area contributed by atoms with Gasteiger partial charge in [0.2, 0.25) is 0 Å². The Morgan fingerprint density at radius 1 is 1.04 bits per heavy atom. The van der Waals surface area contributed by atoms with Crippen LogP contribution in [0, 0.1) is 23.2 Å². The Morgan fingerprint density at radius 2 is 1.70 bits per heavy atom. The van der Waals surface area contributed by atoms with Crippen LogP contribution in [0.4, 0.5) is 0 Å². The summed E-state index contributed by atoms with van der Waals surface area (Å²) in [4.78, 5) is 22.9. The molecule has 0 aromatic rings. The van der Waals surface area contributed by atoms with Gasteiger partial charge in [-0.3, -0.25) is 4.79 Å². The van der Waals surface area contributed by atoms with E-state index in [9.17, 15) is 4.79 Å². The van der Waals surface area contributed by atoms with Gasteiger partial charge in [0.1, 0.15) is 24.9 Å². The van der Waals surface area contributed by atoms with Gasteiger partial charge in [0.05, 0.1) is 6.42 Å². The number of rotatable bonds is 4. The van der Waals surface area contributed by atoms with Gasteiger partial charge < -0.3 is 9.47 Å². The summed E-state index contributed by atoms with van der Waals surface area (Å²) < 4.78 is 11.1. The van der Waals surface area contributed by atoms with Crippen molar-refractivity contribution in [3.05, 3.63) is 0 Å². The summed E-state index contributed by atoms with van der Waals surface area (Å²) in [7, 11) is 0. The first-order valence-corrected chi connectivity index (χ1v) is 9.23. The van der Waals surface area contributed by atoms with Crippen molar-refractivity contribution in [3.63, 3.8) is 0 Å². The Bertz CT molecular complexity index is 468. The molecule has 23 heavy (non-hydrogen) atoms. The number of fused-ring (bicyclic) bond motifs is 1. The average molecular weight is 322 g/mol. The standard InChI is InChI=1S/C18H26O5/c1-10-16-17(21-16)14(23-22-10)9-20-15(19)8-18-5-11-2-12(6-18)4-13(3-11)7-18/h10-14,16-17H,2-9H2,1H3/t10-,11?,12?,13?,14+,16+,17-,18?/m1/s1. The summed E-state index contributed by atoms with van der Waals surface area (Å²) in [6.07, 6.45) is 8.36. The monoisotopic (exact) mass is 322 g/mol. The first kappa shape index (κ1) is 14.7. The van der Waals surface area contributed by atoms with Crippen molar-refractivity contribution in [2.45, 2.75) is 76.3 Å². The second-order valence-corrected chi connectivity index (χ2v) is 8.78. The minimum Gasteiger partial charge on any atom is -0.463 e. The third-order valence-corrected chi connectivity index (χ3v) is 6.81. The quantitative estimate of drug-likeness (QED) is 0.452. The Hall–Kier alpha value is -0.650. The van der Waals surface area contributed by atoms with Crippen molar-refractivity contribution >= 4 is 5.97 Å². The summed E-state index contributed by atoms with van der Waals surface area (Å²) >= 11 is 0. The lowest BCUT2D eigenvalue weighted by Gasteiger charge is -2.56. The highest BCUT2D eigenvalue weighted by molar-refractivity contribution is 5.70. The molecule has 6 aliphatic rings. The zero-order valence-corrected chi connectivity index (χ0v) is 13.7. The van der Waals surface area contributed by atoms with Crippen molar-refractivity contribution in [2.24, 2.45) is 23.2 Å². The second-order valence-electron chi connectivity index (χ2n) is 8.78. The van der Waals surface area contributed by atoms with Gasteiger partial charge in [-0.1, -0.05) is 0 Å². The van der Waals surface area contributed by atoms with Crippen LogP contribution in [0.1, 0.15) is 51.9 Å². The SMILES string of the molecule is C[C@H]1OO[C@@H](COC(=O)CC23CC4CC(CC(C4)C2)C3)[C@H]2O[C@H]21. The molecule has 0 spiro atoms. The summed E-state index contributed by atoms with van der Waals surface area (Å²) in [5, 5.41) is 0. The van der Waals surface area contributed by atoms with Crippen molar-refractivity contribution in [2.75, 3.05) is 6.61 Å². The highest BCUT2D eigenvalue weighted by atomic mass is 17.2. The molecule has 5 heteroatoms. The molecule has 0 amide bonds. The van der Waals surface area contributed by atoms with E-state index in [0.717, 1.165) is 17.8 Å². The lowest BCUT2D eigenvalue weighted by atomic mass is 9.49. The van der Waals surface area contributed by atoms with Crippen LogP contribution in [0.25, 0.3) is 0 Å². The van der Waals surface area contributed by atoms with Crippen LogP contribution in [0.15, 0.2) is 0 Å². The molecule has 2 aliphatic heterocycles. The van der Waals surface area contributed by atoms with Gasteiger partial charge >= 0.3 is 5.97 Å². The molecule has 4 aliphatic carbocycles. The highest BCUT2D eigenvalue weighted by Crippen LogP contribution is 2.61. The van der Waals surface area contributed by atoms with Gasteiger partial charge in [-0.15, -0.1) is 0 Å². The fourth-order valence-electron chi connectivity index (χ4n) is 6.24. The fraction of sp³-hybridized carbons (Fsp3) is 0.944. The van der Waals surface area contributed by atoms with E-state index >= 15 is 0 Å². The van der Waals surface area contributed by atoms with Crippen molar-refractivity contribution in [1.82, 2.24) is 0 Å². The molecular weight excluding hydrogens is 296 g/mol. The Labute approximate surface area is 136 Å². The van der Waals surface area contributed by atoms with Gasteiger partial charge in [-0.05, 0) is 68.6 Å². The lowest BCUT2D eigenvalue weighted by Crippen LogP contribution is -2.47. The minimum absolute atomic E-state index is 0.0287. The topological polar surface area (TPSA) is 57.3 Å². The normalized spacial score (nSPS) is 53.0. The zero-order valence-electron chi connectivity index (χ0n) is 13.7. The van der Waals surface area contributed by atoms with Crippen LogP contribution >= 0.6 is 0 Å². The van der Waals surface area contributed by atoms with Gasteiger partial charge in [-0.2, -0.15) is 0 Å². The number of hydrogen-bond donors (Lipinski definition) is 0. The molecule has 2 heterocycles. The molecule has 4 saturated carbocycles. The molecule has 2 saturated heterocycles. The Morgan fingerprint density at radius 3 is 2.35 bits per heavy atom. The predicted molar refractivity (Wildman–Crippen MR) is 80.3 cm³/mol. The molecule has 4 atom stereocenters. The number of epoxide rings is 1. The zero-order chi connectivity index (χ0) is 15.6. The first-order chi connectivity index (χ1) is 11.1. The van der Waals surface area contributed by atoms with Crippen LogP contribution < -0.4 is 0 Å². The van der Waals surface area contributed by atoms with Gasteiger partial charge in [0.25, 0.3) is 0 Å². The molecule has 0 N–H and O–H groups in total. The largest absolute Gasteiger partial charge is 0.463 e. The van der Waals surface area contributed by atoms with Crippen LogP contribution in [0.2, 0.25) is 0 Å². The van der Waals surface area contributed by atoms with E-state index in [-0.39, 0.29) is 42.4 Å². The van der Waals surface area contributed by atoms with Gasteiger partial charge in [0.15, 0.2) is 6.10 Å². The van der Waals surface area contributed by atoms with E-state index in [1.54, 1.807) is 0 Å². The van der Waals surface area contributed by atoms with E-state index < -0.39 is 0 Å². The van der Waals surface area contributed by atoms with E-state index in [1.807, 2.05) is 6.92 Å². The van der Waals surface area contributed by atoms with Crippen LogP contribution in [-0.2, 0) is 24.0 Å². The smallest absolute Gasteiger partial charge is 0.306 e. The number of hydrogen-bond acceptors (Lipinski definition) is 5. The summed E-state index contributed by atoms with van der Waals surface area (Å²) in [5.41, 5.74) is 0.239. The van der Waals surface area contributed by atoms with Gasteiger partial charge in [0, 0.05) is 0 Å². The van der Waals surface area contributed by atoms with Crippen LogP contribution in [0.5, 0.6) is 0 Å². The molecule has 6 fully saturated rings. The first-order valence-electron chi connectivity index (χ1n) is 9.23. The van der Waals surface area contributed by atoms with E-state index in [0.29, 0.717) is 6.42 Å². The summed E-state index contributed by atoms with van der Waals surface area (Å²) in [5.74, 6) is 2.54. The maximum Gasteiger partial charge on any atom is 0.306 e. The summed E-state index contributed by atoms with van der Waals surface area (Å²) in [6.45, 7) is 2.18. The van der Waals surface area contributed by atoms with Crippen LogP contribution in [0.3, 0.4) is 0 Å². The van der Waals surface area contributed by atoms with Crippen molar-refractivity contribution in [1.29, 1.82) is 0 Å². The Balaban J connectivity index is 1.15. The highest BCUT2D eigenvalue weighted by Gasteiger charge is 2.55. The molecule has 0 radical (unpaired) electrons. The number of carbonyl (C=O) groups excluding carboxylic acids is 1. The van der Waals surface area contributed by atoms with E-state index in [2.05, 4.69) is 0 Å².